The largest absolute Gasteiger partial charge is 0.349 e. The van der Waals surface area contributed by atoms with Crippen molar-refractivity contribution in [3.05, 3.63) is 76.0 Å². The van der Waals surface area contributed by atoms with Crippen LogP contribution in [0.15, 0.2) is 47.8 Å². The maximum atomic E-state index is 13.6. The van der Waals surface area contributed by atoms with Crippen LogP contribution in [0.2, 0.25) is 0 Å². The van der Waals surface area contributed by atoms with Gasteiger partial charge in [-0.2, -0.15) is 0 Å². The number of aromatic nitrogens is 2. The smallest absolute Gasteiger partial charge is 0.280 e. The molecule has 162 valence electrons. The summed E-state index contributed by atoms with van der Waals surface area (Å²) in [6.45, 7) is 9.42. The van der Waals surface area contributed by atoms with Crippen LogP contribution in [0.4, 0.5) is 10.1 Å². The van der Waals surface area contributed by atoms with Gasteiger partial charge in [0.15, 0.2) is 5.69 Å². The minimum absolute atomic E-state index is 0.140. The number of hydrogen-bond acceptors (Lipinski definition) is 5. The number of anilines is 1. The van der Waals surface area contributed by atoms with Crippen molar-refractivity contribution >= 4 is 29.0 Å². The average molecular weight is 441 g/mol. The molecule has 6 nitrogen and oxygen atoms in total. The van der Waals surface area contributed by atoms with Gasteiger partial charge in [0.1, 0.15) is 11.9 Å². The minimum atomic E-state index is -1.03. The van der Waals surface area contributed by atoms with E-state index in [0.29, 0.717) is 11.3 Å². The Morgan fingerprint density at radius 1 is 1.10 bits per heavy atom. The van der Waals surface area contributed by atoms with Crippen LogP contribution in [0, 0.1) is 19.7 Å². The van der Waals surface area contributed by atoms with Crippen LogP contribution < -0.4 is 10.2 Å². The van der Waals surface area contributed by atoms with Crippen LogP contribution in [0.5, 0.6) is 0 Å². The molecular weight excluding hydrogens is 415 g/mol. The molecule has 0 aliphatic rings. The van der Waals surface area contributed by atoms with Crippen LogP contribution in [-0.4, -0.2) is 26.9 Å². The van der Waals surface area contributed by atoms with Crippen molar-refractivity contribution in [1.82, 2.24) is 14.9 Å². The molecule has 1 heterocycles. The van der Waals surface area contributed by atoms with E-state index in [-0.39, 0.29) is 11.6 Å². The molecule has 1 atom stereocenters. The lowest BCUT2D eigenvalue weighted by molar-refractivity contribution is -0.123. The summed E-state index contributed by atoms with van der Waals surface area (Å²) >= 11 is 1.06. The molecule has 0 unspecified atom stereocenters. The normalized spacial score (nSPS) is 12.3. The van der Waals surface area contributed by atoms with Crippen molar-refractivity contribution in [1.29, 1.82) is 0 Å². The molecule has 1 N–H and O–H groups in total. The van der Waals surface area contributed by atoms with Crippen molar-refractivity contribution in [2.75, 3.05) is 4.90 Å². The van der Waals surface area contributed by atoms with Crippen LogP contribution in [0.3, 0.4) is 0 Å². The molecule has 0 radical (unpaired) electrons. The lowest BCUT2D eigenvalue weighted by atomic mass is 9.98. The molecular formula is C23H25FN4O2S. The molecule has 31 heavy (non-hydrogen) atoms. The van der Waals surface area contributed by atoms with Gasteiger partial charge in [-0.25, -0.2) is 4.39 Å². The van der Waals surface area contributed by atoms with Crippen molar-refractivity contribution in [2.45, 2.75) is 46.2 Å². The molecule has 0 aliphatic heterocycles. The van der Waals surface area contributed by atoms with Gasteiger partial charge in [-0.15, -0.1) is 5.10 Å². The Labute approximate surface area is 185 Å². The van der Waals surface area contributed by atoms with Gasteiger partial charge in [0.25, 0.3) is 5.91 Å². The van der Waals surface area contributed by atoms with E-state index in [0.717, 1.165) is 22.7 Å². The predicted octanol–water partition coefficient (Wildman–Crippen LogP) is 4.60. The standard InChI is InChI=1S/C23H25FN4O2S/c1-14-7-6-8-19(15(14)2)28(22(30)18-13-31-27-26-18)20(21(29)25-23(3,4)5)16-9-11-17(24)12-10-16/h6-13,20H,1-5H3,(H,25,29)/t20-/m0/s1. The summed E-state index contributed by atoms with van der Waals surface area (Å²) in [5.74, 6) is -1.26. The van der Waals surface area contributed by atoms with E-state index >= 15 is 0 Å². The third kappa shape index (κ3) is 5.14. The molecule has 0 bridgehead atoms. The second kappa shape index (κ2) is 8.93. The van der Waals surface area contributed by atoms with E-state index < -0.39 is 23.3 Å². The number of aryl methyl sites for hydroxylation is 1. The summed E-state index contributed by atoms with van der Waals surface area (Å²) in [6.07, 6.45) is 0. The van der Waals surface area contributed by atoms with Gasteiger partial charge in [-0.05, 0) is 81.0 Å². The van der Waals surface area contributed by atoms with E-state index in [4.69, 9.17) is 0 Å². The fourth-order valence-corrected chi connectivity index (χ4v) is 3.67. The molecule has 3 aromatic rings. The van der Waals surface area contributed by atoms with Gasteiger partial charge in [0, 0.05) is 16.6 Å². The zero-order valence-electron chi connectivity index (χ0n) is 18.1. The number of carbonyl (C=O) groups is 2. The van der Waals surface area contributed by atoms with E-state index in [1.54, 1.807) is 11.4 Å². The Kier molecular flexibility index (Phi) is 6.50. The molecule has 0 fully saturated rings. The van der Waals surface area contributed by atoms with Gasteiger partial charge in [-0.3, -0.25) is 14.5 Å². The highest BCUT2D eigenvalue weighted by Crippen LogP contribution is 2.33. The SMILES string of the molecule is Cc1cccc(N(C(=O)c2csnn2)[C@H](C(=O)NC(C)(C)C)c2ccc(F)cc2)c1C. The lowest BCUT2D eigenvalue weighted by Crippen LogP contribution is -2.49. The number of nitrogens with zero attached hydrogens (tertiary/aromatic N) is 3. The Morgan fingerprint density at radius 2 is 1.77 bits per heavy atom. The summed E-state index contributed by atoms with van der Waals surface area (Å²) in [4.78, 5) is 28.5. The number of nitrogens with one attached hydrogen (secondary N) is 1. The molecule has 0 saturated carbocycles. The maximum Gasteiger partial charge on any atom is 0.280 e. The summed E-state index contributed by atoms with van der Waals surface area (Å²) < 4.78 is 17.4. The summed E-state index contributed by atoms with van der Waals surface area (Å²) in [5, 5.41) is 8.43. The highest BCUT2D eigenvalue weighted by Gasteiger charge is 2.36. The number of benzene rings is 2. The fourth-order valence-electron chi connectivity index (χ4n) is 3.24. The number of halogens is 1. The fraction of sp³-hybridized carbons (Fsp3) is 0.304. The van der Waals surface area contributed by atoms with Crippen LogP contribution in [0.1, 0.15) is 54.0 Å². The molecule has 1 aromatic heterocycles. The van der Waals surface area contributed by atoms with Gasteiger partial charge < -0.3 is 5.32 Å². The first-order valence-corrected chi connectivity index (χ1v) is 10.7. The summed E-state index contributed by atoms with van der Waals surface area (Å²) in [6, 6.07) is 10.1. The molecule has 0 saturated heterocycles. The minimum Gasteiger partial charge on any atom is -0.349 e. The third-order valence-corrected chi connectivity index (χ3v) is 5.33. The molecule has 2 aromatic carbocycles. The number of amides is 2. The lowest BCUT2D eigenvalue weighted by Gasteiger charge is -2.34. The van der Waals surface area contributed by atoms with Crippen molar-refractivity contribution in [2.24, 2.45) is 0 Å². The number of hydrogen-bond donors (Lipinski definition) is 1. The Bertz CT molecular complexity index is 1080. The highest BCUT2D eigenvalue weighted by molar-refractivity contribution is 7.03. The summed E-state index contributed by atoms with van der Waals surface area (Å²) in [7, 11) is 0. The molecule has 0 spiro atoms. The first-order chi connectivity index (χ1) is 14.6. The second-order valence-corrected chi connectivity index (χ2v) is 8.99. The van der Waals surface area contributed by atoms with E-state index in [1.165, 1.54) is 29.2 Å². The maximum absolute atomic E-state index is 13.6. The number of rotatable bonds is 5. The first-order valence-electron chi connectivity index (χ1n) is 9.83. The first kappa shape index (κ1) is 22.6. The van der Waals surface area contributed by atoms with E-state index in [1.807, 2.05) is 46.8 Å². The van der Waals surface area contributed by atoms with Gasteiger partial charge in [-0.1, -0.05) is 28.8 Å². The van der Waals surface area contributed by atoms with Crippen LogP contribution in [-0.2, 0) is 4.79 Å². The van der Waals surface area contributed by atoms with Gasteiger partial charge in [0.05, 0.1) is 0 Å². The monoisotopic (exact) mass is 440 g/mol. The van der Waals surface area contributed by atoms with Crippen LogP contribution >= 0.6 is 11.5 Å². The zero-order chi connectivity index (χ0) is 22.8. The topological polar surface area (TPSA) is 75.2 Å². The molecule has 3 rings (SSSR count). The molecule has 0 aliphatic carbocycles. The average Bonchev–Trinajstić information content (AvgIpc) is 3.22. The predicted molar refractivity (Wildman–Crippen MR) is 120 cm³/mol. The van der Waals surface area contributed by atoms with E-state index in [2.05, 4.69) is 14.9 Å². The third-order valence-electron chi connectivity index (χ3n) is 4.82. The quantitative estimate of drug-likeness (QED) is 0.629. The van der Waals surface area contributed by atoms with Crippen molar-refractivity contribution in [3.63, 3.8) is 0 Å². The second-order valence-electron chi connectivity index (χ2n) is 8.38. The van der Waals surface area contributed by atoms with Crippen LogP contribution in [0.25, 0.3) is 0 Å². The van der Waals surface area contributed by atoms with E-state index in [9.17, 15) is 14.0 Å². The molecule has 2 amide bonds. The Balaban J connectivity index is 2.23. The summed E-state index contributed by atoms with van der Waals surface area (Å²) in [5.41, 5.74) is 2.50. The number of carbonyl (C=O) groups excluding carboxylic acids is 2. The molecule has 8 heteroatoms. The van der Waals surface area contributed by atoms with Gasteiger partial charge >= 0.3 is 0 Å². The highest BCUT2D eigenvalue weighted by atomic mass is 32.1. The van der Waals surface area contributed by atoms with Gasteiger partial charge in [0.2, 0.25) is 5.91 Å². The zero-order valence-corrected chi connectivity index (χ0v) is 19.0. The Hall–Kier alpha value is -3.13. The van der Waals surface area contributed by atoms with Crippen molar-refractivity contribution in [3.8, 4) is 0 Å². The Morgan fingerprint density at radius 3 is 2.35 bits per heavy atom. The van der Waals surface area contributed by atoms with Crippen molar-refractivity contribution < 1.29 is 14.0 Å².